The summed E-state index contributed by atoms with van der Waals surface area (Å²) in [6.07, 6.45) is 11.1. The van der Waals surface area contributed by atoms with Crippen LogP contribution in [0.2, 0.25) is 0 Å². The number of hydrogen-bond donors (Lipinski definition) is 0. The molecule has 0 heterocycles. The molecule has 0 aromatic heterocycles. The molecule has 0 radical (unpaired) electrons. The van der Waals surface area contributed by atoms with E-state index in [-0.39, 0.29) is 46.3 Å². The molecule has 0 bridgehead atoms. The van der Waals surface area contributed by atoms with Gasteiger partial charge in [0.25, 0.3) is 10.1 Å². The van der Waals surface area contributed by atoms with Crippen LogP contribution < -0.4 is 29.6 Å². The van der Waals surface area contributed by atoms with Gasteiger partial charge in [-0.2, -0.15) is 8.42 Å². The van der Waals surface area contributed by atoms with E-state index in [0.29, 0.717) is 11.8 Å². The van der Waals surface area contributed by atoms with Crippen LogP contribution in [0, 0.1) is 0 Å². The van der Waals surface area contributed by atoms with E-state index in [1.54, 1.807) is 32.0 Å². The molecule has 0 saturated heterocycles. The van der Waals surface area contributed by atoms with Gasteiger partial charge in [0.1, 0.15) is 4.90 Å². The Hall–Kier alpha value is -0.480. The maximum Gasteiger partial charge on any atom is 1.00 e. The summed E-state index contributed by atoms with van der Waals surface area (Å²) in [5.74, 6) is -0.191. The summed E-state index contributed by atoms with van der Waals surface area (Å²) in [6.45, 7) is 5.61. The van der Waals surface area contributed by atoms with Gasteiger partial charge in [-0.1, -0.05) is 101 Å². The Labute approximate surface area is 229 Å². The summed E-state index contributed by atoms with van der Waals surface area (Å²) in [5, 5.41) is 1.58. The molecule has 2 aromatic rings. The molecular formula is C25H39NaO6S2. The Kier molecular flexibility index (Phi) is 17.6. The van der Waals surface area contributed by atoms with Crippen molar-refractivity contribution >= 4 is 31.0 Å². The number of unbranched alkanes of at least 4 members (excludes halogenated alkanes) is 9. The van der Waals surface area contributed by atoms with Crippen LogP contribution >= 0.6 is 0 Å². The second-order valence-corrected chi connectivity index (χ2v) is 11.6. The molecule has 0 unspecified atom stereocenters. The van der Waals surface area contributed by atoms with Crippen LogP contribution in [0.4, 0.5) is 0 Å². The number of rotatable bonds is 14. The van der Waals surface area contributed by atoms with Crippen molar-refractivity contribution in [3.63, 3.8) is 0 Å². The maximum absolute atomic E-state index is 12.0. The fourth-order valence-electron chi connectivity index (χ4n) is 3.49. The summed E-state index contributed by atoms with van der Waals surface area (Å²) in [6, 6.07) is 12.5. The first-order chi connectivity index (χ1) is 15.6. The normalized spacial score (nSPS) is 11.7. The number of hydrogen-bond acceptors (Lipinski definition) is 6. The maximum atomic E-state index is 12.0. The SMILES string of the molecule is CC(C)OS(=O)(=O)c1cccc2ccccc12.CCCCCCCCCCCCS(=O)(=O)[O-].[Na+]. The topological polar surface area (TPSA) is 101 Å². The molecule has 0 atom stereocenters. The smallest absolute Gasteiger partial charge is 0.748 e. The molecule has 0 N–H and O–H groups in total. The quantitative estimate of drug-likeness (QED) is 0.163. The third-order valence-electron chi connectivity index (χ3n) is 5.09. The monoisotopic (exact) mass is 522 g/mol. The fraction of sp³-hybridized carbons (Fsp3) is 0.600. The average Bonchev–Trinajstić information content (AvgIpc) is 2.73. The predicted octanol–water partition coefficient (Wildman–Crippen LogP) is 3.41. The molecular weight excluding hydrogens is 483 g/mol. The predicted molar refractivity (Wildman–Crippen MR) is 134 cm³/mol. The van der Waals surface area contributed by atoms with Crippen molar-refractivity contribution in [1.29, 1.82) is 0 Å². The van der Waals surface area contributed by atoms with Crippen molar-refractivity contribution in [3.05, 3.63) is 42.5 Å². The van der Waals surface area contributed by atoms with Gasteiger partial charge in [0.15, 0.2) is 0 Å². The van der Waals surface area contributed by atoms with Gasteiger partial charge in [0.05, 0.1) is 16.2 Å². The van der Waals surface area contributed by atoms with Crippen molar-refractivity contribution in [2.45, 2.75) is 96.0 Å². The Morgan fingerprint density at radius 1 is 0.765 bits per heavy atom. The van der Waals surface area contributed by atoms with E-state index in [1.807, 2.05) is 24.3 Å². The molecule has 0 aliphatic rings. The van der Waals surface area contributed by atoms with Crippen molar-refractivity contribution in [2.24, 2.45) is 0 Å². The third-order valence-corrected chi connectivity index (χ3v) is 7.41. The zero-order chi connectivity index (χ0) is 24.7. The van der Waals surface area contributed by atoms with E-state index in [1.165, 1.54) is 44.9 Å². The van der Waals surface area contributed by atoms with Gasteiger partial charge < -0.3 is 4.55 Å². The van der Waals surface area contributed by atoms with Gasteiger partial charge in [0.2, 0.25) is 0 Å². The molecule has 0 saturated carbocycles. The van der Waals surface area contributed by atoms with Crippen molar-refractivity contribution in [2.75, 3.05) is 5.75 Å². The summed E-state index contributed by atoms with van der Waals surface area (Å²) in [7, 11) is -7.67. The van der Waals surface area contributed by atoms with Crippen LogP contribution in [0.3, 0.4) is 0 Å². The van der Waals surface area contributed by atoms with Crippen LogP contribution in [0.1, 0.15) is 85.0 Å². The van der Waals surface area contributed by atoms with Crippen LogP contribution in [-0.4, -0.2) is 33.2 Å². The van der Waals surface area contributed by atoms with Crippen LogP contribution in [0.15, 0.2) is 47.4 Å². The minimum Gasteiger partial charge on any atom is -0.748 e. The van der Waals surface area contributed by atoms with Gasteiger partial charge >= 0.3 is 29.6 Å². The Morgan fingerprint density at radius 2 is 1.26 bits per heavy atom. The van der Waals surface area contributed by atoms with E-state index >= 15 is 0 Å². The first kappa shape index (κ1) is 33.5. The van der Waals surface area contributed by atoms with E-state index in [0.717, 1.165) is 18.2 Å². The fourth-order valence-corrected chi connectivity index (χ4v) is 5.35. The molecule has 34 heavy (non-hydrogen) atoms. The number of fused-ring (bicyclic) bond motifs is 1. The number of benzene rings is 2. The third kappa shape index (κ3) is 14.8. The minimum atomic E-state index is -3.98. The van der Waals surface area contributed by atoms with Gasteiger partial charge in [-0.3, -0.25) is 4.18 Å². The molecule has 0 amide bonds. The van der Waals surface area contributed by atoms with E-state index in [4.69, 9.17) is 4.18 Å². The molecule has 6 nitrogen and oxygen atoms in total. The Bertz CT molecular complexity index is 1020. The second-order valence-electron chi connectivity index (χ2n) is 8.52. The Balaban J connectivity index is 0.000000624. The molecule has 188 valence electrons. The molecule has 0 aliphatic heterocycles. The van der Waals surface area contributed by atoms with Gasteiger partial charge in [-0.15, -0.1) is 0 Å². The van der Waals surface area contributed by atoms with Crippen LogP contribution in [-0.2, 0) is 24.4 Å². The first-order valence-corrected chi connectivity index (χ1v) is 14.9. The summed E-state index contributed by atoms with van der Waals surface area (Å²) in [5.41, 5.74) is 0. The van der Waals surface area contributed by atoms with Crippen LogP contribution in [0.5, 0.6) is 0 Å². The van der Waals surface area contributed by atoms with E-state index in [2.05, 4.69) is 6.92 Å². The van der Waals surface area contributed by atoms with Gasteiger partial charge in [0, 0.05) is 11.1 Å². The molecule has 0 aliphatic carbocycles. The first-order valence-electron chi connectivity index (χ1n) is 11.9. The summed E-state index contributed by atoms with van der Waals surface area (Å²) in [4.78, 5) is 0.226. The molecule has 0 spiro atoms. The zero-order valence-electron chi connectivity index (χ0n) is 21.2. The standard InChI is InChI=1S/C13H14O3S.C12H26O3S.Na/c1-10(2)16-17(14,15)13-9-5-7-11-6-3-4-8-12(11)13;1-2-3-4-5-6-7-8-9-10-11-12-16(13,14)15;/h3-10H,1-2H3;2-12H2,1H3,(H,13,14,15);/q;;+1/p-1. The van der Waals surface area contributed by atoms with Crippen molar-refractivity contribution in [1.82, 2.24) is 0 Å². The Morgan fingerprint density at radius 3 is 1.79 bits per heavy atom. The summed E-state index contributed by atoms with van der Waals surface area (Å²) < 4.78 is 60.0. The second kappa shape index (κ2) is 17.9. The molecule has 2 aromatic carbocycles. The average molecular weight is 523 g/mol. The van der Waals surface area contributed by atoms with Crippen molar-refractivity contribution in [3.8, 4) is 0 Å². The van der Waals surface area contributed by atoms with Crippen LogP contribution in [0.25, 0.3) is 10.8 Å². The molecule has 2 rings (SSSR count). The van der Waals surface area contributed by atoms with E-state index < -0.39 is 20.2 Å². The minimum absolute atomic E-state index is 0. The summed E-state index contributed by atoms with van der Waals surface area (Å²) >= 11 is 0. The van der Waals surface area contributed by atoms with Crippen molar-refractivity contribution < 1.29 is 55.1 Å². The van der Waals surface area contributed by atoms with Gasteiger partial charge in [-0.05, 0) is 31.7 Å². The zero-order valence-corrected chi connectivity index (χ0v) is 24.8. The largest absolute Gasteiger partial charge is 1.00 e. The molecule has 9 heteroatoms. The van der Waals surface area contributed by atoms with E-state index in [9.17, 15) is 21.4 Å². The molecule has 0 fully saturated rings. The van der Waals surface area contributed by atoms with Gasteiger partial charge in [-0.25, -0.2) is 8.42 Å².